The summed E-state index contributed by atoms with van der Waals surface area (Å²) < 4.78 is 15.2. The maximum Gasteiger partial charge on any atom is 0.129 e. The predicted octanol–water partition coefficient (Wildman–Crippen LogP) is 3.64. The number of rotatable bonds is 3. The lowest BCUT2D eigenvalue weighted by Gasteiger charge is -2.35. The van der Waals surface area contributed by atoms with Gasteiger partial charge in [0.1, 0.15) is 5.82 Å². The fourth-order valence-corrected chi connectivity index (χ4v) is 3.85. The van der Waals surface area contributed by atoms with E-state index in [9.17, 15) is 4.39 Å². The molecular weight excluding hydrogens is 339 g/mol. The molecule has 2 heterocycles. The van der Waals surface area contributed by atoms with E-state index < -0.39 is 0 Å². The van der Waals surface area contributed by atoms with Crippen molar-refractivity contribution in [1.82, 2.24) is 10.2 Å². The summed E-state index contributed by atoms with van der Waals surface area (Å²) in [4.78, 5) is 3.56. The summed E-state index contributed by atoms with van der Waals surface area (Å²) in [7, 11) is 0. The highest BCUT2D eigenvalue weighted by Gasteiger charge is 2.26. The van der Waals surface area contributed by atoms with E-state index in [4.69, 9.17) is 0 Å². The van der Waals surface area contributed by atoms with Gasteiger partial charge in [-0.15, -0.1) is 11.3 Å². The van der Waals surface area contributed by atoms with Crippen molar-refractivity contribution in [1.29, 1.82) is 0 Å². The lowest BCUT2D eigenvalue weighted by Crippen LogP contribution is -2.45. The molecule has 1 aromatic carbocycles. The molecule has 1 aliphatic rings. The summed E-state index contributed by atoms with van der Waals surface area (Å²) >= 11 is 5.02. The monoisotopic (exact) mass is 354 g/mol. The molecule has 0 unspecified atom stereocenters. The number of nitrogens with one attached hydrogen (secondary N) is 1. The van der Waals surface area contributed by atoms with Gasteiger partial charge in [0.05, 0.1) is 6.04 Å². The highest BCUT2D eigenvalue weighted by Crippen LogP contribution is 2.34. The van der Waals surface area contributed by atoms with Crippen LogP contribution in [0.15, 0.2) is 40.2 Å². The van der Waals surface area contributed by atoms with Crippen LogP contribution in [-0.4, -0.2) is 31.1 Å². The van der Waals surface area contributed by atoms with Gasteiger partial charge in [0, 0.05) is 41.1 Å². The number of thiophene rings is 1. The fourth-order valence-electron chi connectivity index (χ4n) is 2.64. The average molecular weight is 355 g/mol. The van der Waals surface area contributed by atoms with Gasteiger partial charge in [-0.3, -0.25) is 4.90 Å². The summed E-state index contributed by atoms with van der Waals surface area (Å²) in [6.45, 7) is 3.80. The van der Waals surface area contributed by atoms with E-state index in [2.05, 4.69) is 37.6 Å². The minimum atomic E-state index is -0.142. The molecule has 0 saturated carbocycles. The van der Waals surface area contributed by atoms with E-state index in [1.54, 1.807) is 17.4 Å². The topological polar surface area (TPSA) is 15.3 Å². The Morgan fingerprint density at radius 2 is 2.05 bits per heavy atom. The Balaban J connectivity index is 2.00. The second-order valence-corrected chi connectivity index (χ2v) is 6.76. The Labute approximate surface area is 130 Å². The highest BCUT2D eigenvalue weighted by molar-refractivity contribution is 9.10. The van der Waals surface area contributed by atoms with Gasteiger partial charge in [-0.1, -0.05) is 28.1 Å². The summed E-state index contributed by atoms with van der Waals surface area (Å²) in [5.74, 6) is -0.142. The summed E-state index contributed by atoms with van der Waals surface area (Å²) in [6.07, 6.45) is 0. The number of piperazine rings is 1. The minimum Gasteiger partial charge on any atom is -0.314 e. The molecule has 1 aliphatic heterocycles. The number of benzene rings is 1. The summed E-state index contributed by atoms with van der Waals surface area (Å²) in [5.41, 5.74) is 0.762. The van der Waals surface area contributed by atoms with Crippen molar-refractivity contribution < 1.29 is 4.39 Å². The van der Waals surface area contributed by atoms with E-state index in [-0.39, 0.29) is 11.9 Å². The Kier molecular flexibility index (Phi) is 4.51. The van der Waals surface area contributed by atoms with Crippen LogP contribution in [0.1, 0.15) is 16.5 Å². The zero-order chi connectivity index (χ0) is 13.9. The molecule has 1 N–H and O–H groups in total. The molecule has 1 saturated heterocycles. The summed E-state index contributed by atoms with van der Waals surface area (Å²) in [5, 5.41) is 5.41. The number of halogens is 2. The third-order valence-corrected chi connectivity index (χ3v) is 5.00. The maximum absolute atomic E-state index is 14.4. The molecule has 2 nitrogen and oxygen atoms in total. The van der Waals surface area contributed by atoms with E-state index >= 15 is 0 Å². The molecular formula is C15H16BrFN2S. The number of nitrogens with zero attached hydrogens (tertiary/aromatic N) is 1. The molecule has 106 valence electrons. The van der Waals surface area contributed by atoms with Crippen LogP contribution in [0.4, 0.5) is 4.39 Å². The van der Waals surface area contributed by atoms with Gasteiger partial charge in [0.25, 0.3) is 0 Å². The molecule has 1 aromatic heterocycles. The van der Waals surface area contributed by atoms with Gasteiger partial charge in [0.2, 0.25) is 0 Å². The average Bonchev–Trinajstić information content (AvgIpc) is 2.97. The molecule has 3 rings (SSSR count). The number of hydrogen-bond donors (Lipinski definition) is 1. The molecule has 1 fully saturated rings. The van der Waals surface area contributed by atoms with Crippen LogP contribution in [-0.2, 0) is 0 Å². The van der Waals surface area contributed by atoms with Gasteiger partial charge in [-0.05, 0) is 23.6 Å². The van der Waals surface area contributed by atoms with Crippen molar-refractivity contribution in [3.8, 4) is 0 Å². The largest absolute Gasteiger partial charge is 0.314 e. The maximum atomic E-state index is 14.4. The van der Waals surface area contributed by atoms with Crippen molar-refractivity contribution in [2.24, 2.45) is 0 Å². The van der Waals surface area contributed by atoms with E-state index in [1.807, 2.05) is 18.2 Å². The van der Waals surface area contributed by atoms with Crippen LogP contribution in [0.3, 0.4) is 0 Å². The normalized spacial score (nSPS) is 18.1. The molecule has 2 aromatic rings. The van der Waals surface area contributed by atoms with Crippen LogP contribution in [0, 0.1) is 5.82 Å². The zero-order valence-electron chi connectivity index (χ0n) is 11.0. The Morgan fingerprint density at radius 1 is 1.25 bits per heavy atom. The molecule has 5 heteroatoms. The van der Waals surface area contributed by atoms with Crippen LogP contribution in [0.5, 0.6) is 0 Å². The van der Waals surface area contributed by atoms with Crippen molar-refractivity contribution in [3.05, 3.63) is 56.4 Å². The fraction of sp³-hybridized carbons (Fsp3) is 0.333. The van der Waals surface area contributed by atoms with Gasteiger partial charge in [-0.25, -0.2) is 4.39 Å². The van der Waals surface area contributed by atoms with Crippen molar-refractivity contribution in [2.45, 2.75) is 6.04 Å². The second kappa shape index (κ2) is 6.35. The third kappa shape index (κ3) is 2.96. The van der Waals surface area contributed by atoms with Gasteiger partial charge >= 0.3 is 0 Å². The molecule has 1 atom stereocenters. The van der Waals surface area contributed by atoms with Crippen molar-refractivity contribution >= 4 is 27.3 Å². The van der Waals surface area contributed by atoms with Crippen LogP contribution in [0.25, 0.3) is 0 Å². The molecule has 0 radical (unpaired) electrons. The lowest BCUT2D eigenvalue weighted by molar-refractivity contribution is 0.197. The third-order valence-electron chi connectivity index (χ3n) is 3.59. The van der Waals surface area contributed by atoms with E-state index in [1.165, 1.54) is 4.88 Å². The van der Waals surface area contributed by atoms with E-state index in [0.29, 0.717) is 0 Å². The Hall–Kier alpha value is -0.750. The smallest absolute Gasteiger partial charge is 0.129 e. The quantitative estimate of drug-likeness (QED) is 0.904. The first kappa shape index (κ1) is 14.2. The lowest BCUT2D eigenvalue weighted by atomic mass is 10.0. The molecule has 20 heavy (non-hydrogen) atoms. The first-order valence-corrected chi connectivity index (χ1v) is 8.36. The highest BCUT2D eigenvalue weighted by atomic mass is 79.9. The van der Waals surface area contributed by atoms with Crippen molar-refractivity contribution in [3.63, 3.8) is 0 Å². The Bertz CT molecular complexity index is 567. The van der Waals surface area contributed by atoms with Crippen LogP contribution in [0.2, 0.25) is 0 Å². The summed E-state index contributed by atoms with van der Waals surface area (Å²) in [6, 6.07) is 9.51. The zero-order valence-corrected chi connectivity index (χ0v) is 13.4. The minimum absolute atomic E-state index is 0.0187. The predicted molar refractivity (Wildman–Crippen MR) is 84.7 cm³/mol. The Morgan fingerprint density at radius 3 is 2.70 bits per heavy atom. The molecule has 0 amide bonds. The SMILES string of the molecule is Fc1cc(Br)ccc1[C@@H](c1cccs1)N1CCNCC1. The van der Waals surface area contributed by atoms with Gasteiger partial charge < -0.3 is 5.32 Å². The van der Waals surface area contributed by atoms with Crippen LogP contribution < -0.4 is 5.32 Å². The van der Waals surface area contributed by atoms with Gasteiger partial charge in [0.15, 0.2) is 0 Å². The molecule has 0 aliphatic carbocycles. The number of hydrogen-bond acceptors (Lipinski definition) is 3. The standard InChI is InChI=1S/C15H16BrFN2S/c16-11-3-4-12(13(17)10-11)15(14-2-1-9-20-14)19-7-5-18-6-8-19/h1-4,9-10,15,18H,5-8H2/t15-/m0/s1. The molecule has 0 spiro atoms. The molecule has 0 bridgehead atoms. The van der Waals surface area contributed by atoms with Gasteiger partial charge in [-0.2, -0.15) is 0 Å². The second-order valence-electron chi connectivity index (χ2n) is 4.87. The first-order chi connectivity index (χ1) is 9.75. The first-order valence-electron chi connectivity index (χ1n) is 6.69. The van der Waals surface area contributed by atoms with Crippen molar-refractivity contribution in [2.75, 3.05) is 26.2 Å². The van der Waals surface area contributed by atoms with E-state index in [0.717, 1.165) is 36.2 Å². The van der Waals surface area contributed by atoms with Crippen LogP contribution >= 0.6 is 27.3 Å².